The largest absolute Gasteiger partial charge is 0.328 e. The molecule has 2 aliphatic heterocycles. The molecule has 132 valence electrons. The van der Waals surface area contributed by atoms with E-state index in [0.717, 1.165) is 38.2 Å². The lowest BCUT2D eigenvalue weighted by atomic mass is 9.89. The zero-order valence-corrected chi connectivity index (χ0v) is 14.7. The molecule has 0 bridgehead atoms. The van der Waals surface area contributed by atoms with Crippen molar-refractivity contribution in [2.75, 3.05) is 13.1 Å². The number of hydrogen-bond acceptors (Lipinski definition) is 2. The van der Waals surface area contributed by atoms with Crippen LogP contribution >= 0.6 is 0 Å². The van der Waals surface area contributed by atoms with Crippen LogP contribution in [-0.2, 0) is 19.5 Å². The predicted molar refractivity (Wildman–Crippen MR) is 100 cm³/mol. The molecule has 3 nitrogen and oxygen atoms in total. The van der Waals surface area contributed by atoms with Crippen LogP contribution in [0.5, 0.6) is 0 Å². The van der Waals surface area contributed by atoms with Gasteiger partial charge in [-0.25, -0.2) is 9.37 Å². The summed E-state index contributed by atoms with van der Waals surface area (Å²) in [6.45, 7) is 4.02. The molecule has 3 aromatic rings. The van der Waals surface area contributed by atoms with Crippen molar-refractivity contribution in [1.29, 1.82) is 0 Å². The highest BCUT2D eigenvalue weighted by Gasteiger charge is 2.37. The van der Waals surface area contributed by atoms with E-state index in [1.807, 2.05) is 18.3 Å². The van der Waals surface area contributed by atoms with Crippen molar-refractivity contribution in [3.63, 3.8) is 0 Å². The Labute approximate surface area is 153 Å². The average molecular weight is 347 g/mol. The lowest BCUT2D eigenvalue weighted by Gasteiger charge is -2.27. The zero-order chi connectivity index (χ0) is 17.5. The molecular formula is C22H22FN3. The monoisotopic (exact) mass is 347 g/mol. The van der Waals surface area contributed by atoms with Gasteiger partial charge >= 0.3 is 0 Å². The minimum absolute atomic E-state index is 0.147. The first-order chi connectivity index (χ1) is 12.8. The molecule has 2 aliphatic rings. The number of fused-ring (bicyclic) bond motifs is 2. The van der Waals surface area contributed by atoms with Gasteiger partial charge in [0.25, 0.3) is 0 Å². The average Bonchev–Trinajstić information content (AvgIpc) is 3.23. The highest BCUT2D eigenvalue weighted by molar-refractivity contribution is 5.59. The summed E-state index contributed by atoms with van der Waals surface area (Å²) in [4.78, 5) is 7.18. The Morgan fingerprint density at radius 3 is 2.65 bits per heavy atom. The zero-order valence-electron chi connectivity index (χ0n) is 14.7. The summed E-state index contributed by atoms with van der Waals surface area (Å²) in [6, 6.07) is 17.5. The molecule has 4 heteroatoms. The molecule has 0 unspecified atom stereocenters. The van der Waals surface area contributed by atoms with Gasteiger partial charge in [0, 0.05) is 32.6 Å². The van der Waals surface area contributed by atoms with Crippen molar-refractivity contribution < 1.29 is 4.39 Å². The fraction of sp³-hybridized carbons (Fsp3) is 0.318. The fourth-order valence-electron chi connectivity index (χ4n) is 4.59. The van der Waals surface area contributed by atoms with E-state index in [1.165, 1.54) is 23.1 Å². The Kier molecular flexibility index (Phi) is 3.86. The van der Waals surface area contributed by atoms with E-state index in [-0.39, 0.29) is 5.82 Å². The molecule has 1 saturated heterocycles. The van der Waals surface area contributed by atoms with Crippen molar-refractivity contribution in [1.82, 2.24) is 14.5 Å². The van der Waals surface area contributed by atoms with E-state index in [4.69, 9.17) is 4.98 Å². The van der Waals surface area contributed by atoms with E-state index in [0.29, 0.717) is 11.8 Å². The third kappa shape index (κ3) is 2.84. The normalized spacial score (nSPS) is 22.2. The maximum Gasteiger partial charge on any atom is 0.123 e. The summed E-state index contributed by atoms with van der Waals surface area (Å²) < 4.78 is 15.9. The van der Waals surface area contributed by atoms with Crippen LogP contribution in [0.4, 0.5) is 4.39 Å². The molecule has 1 fully saturated rings. The first-order valence-electron chi connectivity index (χ1n) is 9.33. The second-order valence-corrected chi connectivity index (χ2v) is 7.58. The number of nitrogens with zero attached hydrogens (tertiary/aromatic N) is 3. The Bertz CT molecular complexity index is 918. The van der Waals surface area contributed by atoms with E-state index in [1.54, 1.807) is 12.1 Å². The summed E-state index contributed by atoms with van der Waals surface area (Å²) in [5.74, 6) is 2.36. The summed E-state index contributed by atoms with van der Waals surface area (Å²) in [7, 11) is 0. The summed E-state index contributed by atoms with van der Waals surface area (Å²) in [6.07, 6.45) is 3.06. The van der Waals surface area contributed by atoms with Crippen LogP contribution in [0.3, 0.4) is 0 Å². The minimum Gasteiger partial charge on any atom is -0.328 e. The number of likely N-dealkylation sites (tertiary alicyclic amines) is 1. The van der Waals surface area contributed by atoms with Crippen molar-refractivity contribution in [2.45, 2.75) is 19.5 Å². The number of hydrogen-bond donors (Lipinski definition) is 0. The molecule has 0 N–H and O–H groups in total. The van der Waals surface area contributed by atoms with Crippen LogP contribution in [0.25, 0.3) is 11.3 Å². The fourth-order valence-corrected chi connectivity index (χ4v) is 4.59. The molecule has 0 amide bonds. The van der Waals surface area contributed by atoms with Crippen molar-refractivity contribution in [2.24, 2.45) is 11.8 Å². The summed E-state index contributed by atoms with van der Waals surface area (Å²) in [5.41, 5.74) is 3.52. The van der Waals surface area contributed by atoms with Gasteiger partial charge in [-0.15, -0.1) is 0 Å². The van der Waals surface area contributed by atoms with Gasteiger partial charge in [-0.1, -0.05) is 42.5 Å². The van der Waals surface area contributed by atoms with Gasteiger partial charge in [0.05, 0.1) is 11.9 Å². The molecule has 5 rings (SSSR count). The molecular weight excluding hydrogens is 325 g/mol. The molecule has 3 heterocycles. The van der Waals surface area contributed by atoms with Crippen molar-refractivity contribution in [3.8, 4) is 11.3 Å². The molecule has 1 aromatic heterocycles. The minimum atomic E-state index is -0.147. The molecule has 26 heavy (non-hydrogen) atoms. The van der Waals surface area contributed by atoms with Gasteiger partial charge in [0.1, 0.15) is 11.6 Å². The Morgan fingerprint density at radius 2 is 1.81 bits per heavy atom. The highest BCUT2D eigenvalue weighted by Crippen LogP contribution is 2.35. The second kappa shape index (κ2) is 6.36. The number of halogens is 1. The van der Waals surface area contributed by atoms with E-state index < -0.39 is 0 Å². The molecule has 2 aromatic carbocycles. The SMILES string of the molecule is Fc1cccc(CN2C[C@H]3Cc4ncc(-c5ccccc5)n4C[C@@H]3C2)c1. The lowest BCUT2D eigenvalue weighted by molar-refractivity contribution is 0.306. The predicted octanol–water partition coefficient (Wildman–Crippen LogP) is 3.99. The van der Waals surface area contributed by atoms with Crippen LogP contribution in [0.2, 0.25) is 0 Å². The first kappa shape index (κ1) is 15.8. The number of imidazole rings is 1. The molecule has 0 radical (unpaired) electrons. The Hall–Kier alpha value is -2.46. The van der Waals surface area contributed by atoms with Gasteiger partial charge in [0.2, 0.25) is 0 Å². The Morgan fingerprint density at radius 1 is 0.962 bits per heavy atom. The lowest BCUT2D eigenvalue weighted by Crippen LogP contribution is -2.28. The van der Waals surface area contributed by atoms with Crippen LogP contribution < -0.4 is 0 Å². The summed E-state index contributed by atoms with van der Waals surface area (Å²) in [5, 5.41) is 0. The number of benzene rings is 2. The summed E-state index contributed by atoms with van der Waals surface area (Å²) >= 11 is 0. The molecule has 0 aliphatic carbocycles. The smallest absolute Gasteiger partial charge is 0.123 e. The van der Waals surface area contributed by atoms with Gasteiger partial charge in [-0.2, -0.15) is 0 Å². The maximum atomic E-state index is 13.4. The standard InChI is InChI=1S/C22H22FN3/c23-20-8-4-5-16(9-20)12-25-13-18-10-22-24-11-21(17-6-2-1-3-7-17)26(22)15-19(18)14-25/h1-9,11,18-19H,10,12-15H2/t18-,19+/m1/s1. The van der Waals surface area contributed by atoms with Crippen LogP contribution in [0.15, 0.2) is 60.8 Å². The highest BCUT2D eigenvalue weighted by atomic mass is 19.1. The van der Waals surface area contributed by atoms with Crippen LogP contribution in [0.1, 0.15) is 11.4 Å². The molecule has 0 saturated carbocycles. The maximum absolute atomic E-state index is 13.4. The van der Waals surface area contributed by atoms with Gasteiger partial charge in [-0.3, -0.25) is 4.90 Å². The third-order valence-corrected chi connectivity index (χ3v) is 5.82. The number of aromatic nitrogens is 2. The van der Waals surface area contributed by atoms with Crippen LogP contribution in [-0.4, -0.2) is 27.5 Å². The van der Waals surface area contributed by atoms with Gasteiger partial charge in [0.15, 0.2) is 0 Å². The molecule has 0 spiro atoms. The van der Waals surface area contributed by atoms with Gasteiger partial charge < -0.3 is 4.57 Å². The van der Waals surface area contributed by atoms with Gasteiger partial charge in [-0.05, 0) is 35.1 Å². The number of rotatable bonds is 3. The van der Waals surface area contributed by atoms with Crippen molar-refractivity contribution in [3.05, 3.63) is 78.0 Å². The Balaban J connectivity index is 1.34. The molecule has 2 atom stereocenters. The quantitative estimate of drug-likeness (QED) is 0.714. The van der Waals surface area contributed by atoms with E-state index >= 15 is 0 Å². The third-order valence-electron chi connectivity index (χ3n) is 5.82. The van der Waals surface area contributed by atoms with Crippen LogP contribution in [0, 0.1) is 17.7 Å². The second-order valence-electron chi connectivity index (χ2n) is 7.58. The van der Waals surface area contributed by atoms with E-state index in [9.17, 15) is 4.39 Å². The van der Waals surface area contributed by atoms with Crippen molar-refractivity contribution >= 4 is 0 Å². The van der Waals surface area contributed by atoms with E-state index in [2.05, 4.69) is 33.7 Å². The first-order valence-corrected chi connectivity index (χ1v) is 9.33. The topological polar surface area (TPSA) is 21.1 Å².